The first kappa shape index (κ1) is 12.0. The van der Waals surface area contributed by atoms with Gasteiger partial charge < -0.3 is 14.4 Å². The second-order valence-corrected chi connectivity index (χ2v) is 3.56. The predicted molar refractivity (Wildman–Crippen MR) is 63.0 cm³/mol. The largest absolute Gasteiger partial charge is 0.477 e. The van der Waals surface area contributed by atoms with Crippen LogP contribution in [-0.4, -0.2) is 32.7 Å². The summed E-state index contributed by atoms with van der Waals surface area (Å²) in [4.78, 5) is 30.8. The van der Waals surface area contributed by atoms with Crippen LogP contribution in [0.5, 0.6) is 6.01 Å². The summed E-state index contributed by atoms with van der Waals surface area (Å²) in [5.74, 6) is -1.26. The Balaban J connectivity index is 2.88. The van der Waals surface area contributed by atoms with Crippen molar-refractivity contribution in [1.29, 1.82) is 0 Å². The van der Waals surface area contributed by atoms with Gasteiger partial charge in [-0.2, -0.15) is 4.98 Å². The molecule has 7 heteroatoms. The van der Waals surface area contributed by atoms with Crippen molar-refractivity contribution in [3.63, 3.8) is 0 Å². The number of ether oxygens (including phenoxy) is 1. The molecule has 18 heavy (non-hydrogen) atoms. The van der Waals surface area contributed by atoms with E-state index in [9.17, 15) is 9.59 Å². The average molecular weight is 249 g/mol. The number of fused-ring (bicyclic) bond motifs is 1. The van der Waals surface area contributed by atoms with Crippen molar-refractivity contribution in [2.24, 2.45) is 0 Å². The van der Waals surface area contributed by atoms with E-state index in [0.29, 0.717) is 12.2 Å². The minimum Gasteiger partial charge on any atom is -0.477 e. The Hall–Kier alpha value is -2.44. The monoisotopic (exact) mass is 249 g/mol. The van der Waals surface area contributed by atoms with E-state index < -0.39 is 11.4 Å². The Morgan fingerprint density at radius 3 is 2.83 bits per heavy atom. The fourth-order valence-corrected chi connectivity index (χ4v) is 1.65. The SMILES string of the molecule is CCn1cc(C(=O)O)c(=O)c2cnc(OC)nc21. The highest BCUT2D eigenvalue weighted by Gasteiger charge is 2.15. The Bertz CT molecular complexity index is 678. The van der Waals surface area contributed by atoms with Crippen molar-refractivity contribution >= 4 is 17.0 Å². The van der Waals surface area contributed by atoms with Crippen molar-refractivity contribution in [2.75, 3.05) is 7.11 Å². The van der Waals surface area contributed by atoms with Gasteiger partial charge in [-0.3, -0.25) is 4.79 Å². The molecule has 0 aromatic carbocycles. The van der Waals surface area contributed by atoms with Gasteiger partial charge in [-0.25, -0.2) is 9.78 Å². The number of hydrogen-bond donors (Lipinski definition) is 1. The van der Waals surface area contributed by atoms with Crippen LogP contribution in [0.25, 0.3) is 11.0 Å². The molecule has 0 aliphatic heterocycles. The summed E-state index contributed by atoms with van der Waals surface area (Å²) in [6.07, 6.45) is 2.56. The molecule has 2 aromatic heterocycles. The maximum atomic E-state index is 11.9. The maximum Gasteiger partial charge on any atom is 0.341 e. The Labute approximate surface area is 102 Å². The molecule has 2 heterocycles. The van der Waals surface area contributed by atoms with Crippen molar-refractivity contribution < 1.29 is 14.6 Å². The van der Waals surface area contributed by atoms with Gasteiger partial charge in [0.15, 0.2) is 5.65 Å². The number of aryl methyl sites for hydroxylation is 1. The summed E-state index contributed by atoms with van der Waals surface area (Å²) in [7, 11) is 1.42. The third-order valence-corrected chi connectivity index (χ3v) is 2.55. The highest BCUT2D eigenvalue weighted by atomic mass is 16.5. The zero-order valence-electron chi connectivity index (χ0n) is 9.88. The predicted octanol–water partition coefficient (Wildman–Crippen LogP) is 0.518. The molecule has 0 spiro atoms. The van der Waals surface area contributed by atoms with Crippen LogP contribution in [0.15, 0.2) is 17.2 Å². The van der Waals surface area contributed by atoms with Crippen LogP contribution >= 0.6 is 0 Å². The number of nitrogens with zero attached hydrogens (tertiary/aromatic N) is 3. The fourth-order valence-electron chi connectivity index (χ4n) is 1.65. The number of carbonyl (C=O) groups is 1. The van der Waals surface area contributed by atoms with Gasteiger partial charge in [0.1, 0.15) is 5.56 Å². The first-order valence-electron chi connectivity index (χ1n) is 5.26. The molecule has 0 atom stereocenters. The van der Waals surface area contributed by atoms with Gasteiger partial charge in [-0.15, -0.1) is 0 Å². The van der Waals surface area contributed by atoms with Gasteiger partial charge in [0.2, 0.25) is 5.43 Å². The Morgan fingerprint density at radius 1 is 1.56 bits per heavy atom. The summed E-state index contributed by atoms with van der Waals surface area (Å²) < 4.78 is 6.46. The molecule has 0 aliphatic carbocycles. The quantitative estimate of drug-likeness (QED) is 0.852. The van der Waals surface area contributed by atoms with E-state index in [-0.39, 0.29) is 17.0 Å². The van der Waals surface area contributed by atoms with Gasteiger partial charge in [-0.1, -0.05) is 0 Å². The minimum atomic E-state index is -1.26. The first-order chi connectivity index (χ1) is 8.58. The number of aromatic nitrogens is 3. The van der Waals surface area contributed by atoms with Crippen LogP contribution in [0.2, 0.25) is 0 Å². The van der Waals surface area contributed by atoms with Gasteiger partial charge in [0, 0.05) is 18.9 Å². The van der Waals surface area contributed by atoms with Crippen LogP contribution in [0.1, 0.15) is 17.3 Å². The minimum absolute atomic E-state index is 0.132. The molecular weight excluding hydrogens is 238 g/mol. The van der Waals surface area contributed by atoms with E-state index in [4.69, 9.17) is 9.84 Å². The molecule has 7 nitrogen and oxygen atoms in total. The summed E-state index contributed by atoms with van der Waals surface area (Å²) in [5, 5.41) is 9.13. The molecule has 2 aromatic rings. The Morgan fingerprint density at radius 2 is 2.28 bits per heavy atom. The summed E-state index contributed by atoms with van der Waals surface area (Å²) >= 11 is 0. The summed E-state index contributed by atoms with van der Waals surface area (Å²) in [6, 6.07) is 0.132. The number of pyridine rings is 1. The molecular formula is C11H11N3O4. The molecule has 0 bridgehead atoms. The van der Waals surface area contributed by atoms with Crippen molar-refractivity contribution in [1.82, 2.24) is 14.5 Å². The van der Waals surface area contributed by atoms with E-state index in [1.165, 1.54) is 19.5 Å². The number of hydrogen-bond acceptors (Lipinski definition) is 5. The van der Waals surface area contributed by atoms with Crippen molar-refractivity contribution in [3.05, 3.63) is 28.2 Å². The number of carboxylic acids is 1. The summed E-state index contributed by atoms with van der Waals surface area (Å²) in [5.41, 5.74) is -0.526. The van der Waals surface area contributed by atoms with Gasteiger partial charge in [-0.05, 0) is 6.92 Å². The lowest BCUT2D eigenvalue weighted by Gasteiger charge is -2.09. The van der Waals surface area contributed by atoms with Crippen molar-refractivity contribution in [3.8, 4) is 6.01 Å². The van der Waals surface area contributed by atoms with Gasteiger partial charge in [0.05, 0.1) is 12.5 Å². The second-order valence-electron chi connectivity index (χ2n) is 3.56. The third-order valence-electron chi connectivity index (χ3n) is 2.55. The lowest BCUT2D eigenvalue weighted by atomic mass is 10.2. The van der Waals surface area contributed by atoms with Gasteiger partial charge in [0.25, 0.3) is 0 Å². The molecule has 0 aliphatic rings. The zero-order chi connectivity index (χ0) is 13.3. The fraction of sp³-hybridized carbons (Fsp3) is 0.273. The van der Waals surface area contributed by atoms with E-state index in [1.807, 2.05) is 6.92 Å². The molecule has 0 radical (unpaired) electrons. The van der Waals surface area contributed by atoms with E-state index in [0.717, 1.165) is 0 Å². The average Bonchev–Trinajstić information content (AvgIpc) is 2.38. The lowest BCUT2D eigenvalue weighted by Crippen LogP contribution is -2.19. The highest BCUT2D eigenvalue weighted by Crippen LogP contribution is 2.12. The van der Waals surface area contributed by atoms with Crippen LogP contribution in [0.3, 0.4) is 0 Å². The number of methoxy groups -OCH3 is 1. The number of rotatable bonds is 3. The van der Waals surface area contributed by atoms with Crippen LogP contribution in [0.4, 0.5) is 0 Å². The smallest absolute Gasteiger partial charge is 0.341 e. The number of carboxylic acid groups (broad SMARTS) is 1. The molecule has 2 rings (SSSR count). The first-order valence-corrected chi connectivity index (χ1v) is 5.26. The molecule has 0 saturated heterocycles. The maximum absolute atomic E-state index is 11.9. The van der Waals surface area contributed by atoms with E-state index in [1.54, 1.807) is 4.57 Å². The second kappa shape index (κ2) is 4.44. The molecule has 94 valence electrons. The Kier molecular flexibility index (Phi) is 2.97. The van der Waals surface area contributed by atoms with E-state index in [2.05, 4.69) is 9.97 Å². The van der Waals surface area contributed by atoms with Crippen LogP contribution < -0.4 is 10.2 Å². The zero-order valence-corrected chi connectivity index (χ0v) is 9.88. The molecule has 0 amide bonds. The lowest BCUT2D eigenvalue weighted by molar-refractivity contribution is 0.0695. The standard InChI is InChI=1S/C11H11N3O4/c1-3-14-5-7(10(16)17)8(15)6-4-12-11(18-2)13-9(6)14/h4-5H,3H2,1-2H3,(H,16,17). The van der Waals surface area contributed by atoms with Crippen molar-refractivity contribution in [2.45, 2.75) is 13.5 Å². The van der Waals surface area contributed by atoms with Gasteiger partial charge >= 0.3 is 12.0 Å². The highest BCUT2D eigenvalue weighted by molar-refractivity contribution is 5.91. The third kappa shape index (κ3) is 1.79. The summed E-state index contributed by atoms with van der Waals surface area (Å²) in [6.45, 7) is 2.31. The molecule has 0 saturated carbocycles. The normalized spacial score (nSPS) is 10.6. The van der Waals surface area contributed by atoms with Crippen LogP contribution in [-0.2, 0) is 6.54 Å². The molecule has 1 N–H and O–H groups in total. The van der Waals surface area contributed by atoms with Crippen LogP contribution in [0, 0.1) is 0 Å². The molecule has 0 unspecified atom stereocenters. The van der Waals surface area contributed by atoms with E-state index >= 15 is 0 Å². The molecule has 0 fully saturated rings. The topological polar surface area (TPSA) is 94.3 Å². The number of aromatic carboxylic acids is 1.